The molecule has 0 aliphatic carbocycles. The summed E-state index contributed by atoms with van der Waals surface area (Å²) in [7, 11) is 2.12. The van der Waals surface area contributed by atoms with E-state index in [1.54, 1.807) is 0 Å². The molecule has 0 saturated heterocycles. The zero-order chi connectivity index (χ0) is 15.0. The van der Waals surface area contributed by atoms with Crippen LogP contribution in [0.2, 0.25) is 5.28 Å². The summed E-state index contributed by atoms with van der Waals surface area (Å²) in [6.45, 7) is 9.11. The number of anilines is 2. The lowest BCUT2D eigenvalue weighted by atomic mass is 10.3. The molecule has 0 amide bonds. The van der Waals surface area contributed by atoms with Crippen molar-refractivity contribution in [2.75, 3.05) is 37.3 Å². The predicted octanol–water partition coefficient (Wildman–Crippen LogP) is 2.49. The first-order valence-corrected chi connectivity index (χ1v) is 7.50. The van der Waals surface area contributed by atoms with Crippen LogP contribution in [0, 0.1) is 0 Å². The molecule has 1 aromatic rings. The van der Waals surface area contributed by atoms with Gasteiger partial charge >= 0.3 is 0 Å². The zero-order valence-corrected chi connectivity index (χ0v) is 13.5. The van der Waals surface area contributed by atoms with Gasteiger partial charge in [0.2, 0.25) is 17.2 Å². The molecular weight excluding hydrogens is 276 g/mol. The van der Waals surface area contributed by atoms with Crippen LogP contribution in [-0.2, 0) is 0 Å². The van der Waals surface area contributed by atoms with E-state index in [2.05, 4.69) is 58.3 Å². The molecule has 0 saturated carbocycles. The summed E-state index contributed by atoms with van der Waals surface area (Å²) in [6, 6.07) is 0.562. The van der Waals surface area contributed by atoms with Crippen molar-refractivity contribution >= 4 is 23.5 Å². The van der Waals surface area contributed by atoms with E-state index in [0.717, 1.165) is 32.5 Å². The van der Waals surface area contributed by atoms with Crippen LogP contribution in [0.3, 0.4) is 0 Å². The fraction of sp³-hybridized carbons (Fsp3) is 0.769. The van der Waals surface area contributed by atoms with E-state index in [-0.39, 0.29) is 5.28 Å². The first-order chi connectivity index (χ1) is 9.52. The molecule has 20 heavy (non-hydrogen) atoms. The number of hydrogen-bond acceptors (Lipinski definition) is 6. The molecular formula is C13H25ClN6. The molecule has 6 nitrogen and oxygen atoms in total. The highest BCUT2D eigenvalue weighted by molar-refractivity contribution is 6.28. The van der Waals surface area contributed by atoms with Crippen molar-refractivity contribution in [2.45, 2.75) is 39.7 Å². The average Bonchev–Trinajstić information content (AvgIpc) is 2.40. The van der Waals surface area contributed by atoms with Gasteiger partial charge in [-0.15, -0.1) is 0 Å². The molecule has 0 fully saturated rings. The zero-order valence-electron chi connectivity index (χ0n) is 12.8. The highest BCUT2D eigenvalue weighted by Gasteiger charge is 2.05. The van der Waals surface area contributed by atoms with Crippen LogP contribution in [0.15, 0.2) is 0 Å². The van der Waals surface area contributed by atoms with Gasteiger partial charge in [-0.05, 0) is 51.9 Å². The highest BCUT2D eigenvalue weighted by atomic mass is 35.5. The monoisotopic (exact) mass is 300 g/mol. The topological polar surface area (TPSA) is 66.0 Å². The van der Waals surface area contributed by atoms with E-state index < -0.39 is 0 Å². The molecule has 7 heteroatoms. The Kier molecular flexibility index (Phi) is 7.54. The maximum atomic E-state index is 5.88. The fourth-order valence-electron chi connectivity index (χ4n) is 1.53. The largest absolute Gasteiger partial charge is 0.354 e. The Morgan fingerprint density at radius 2 is 1.70 bits per heavy atom. The lowest BCUT2D eigenvalue weighted by Gasteiger charge is -2.20. The second-order valence-electron chi connectivity index (χ2n) is 5.03. The van der Waals surface area contributed by atoms with Crippen LogP contribution < -0.4 is 10.6 Å². The Morgan fingerprint density at radius 1 is 1.10 bits per heavy atom. The normalized spacial score (nSPS) is 11.2. The number of halogens is 1. The highest BCUT2D eigenvalue weighted by Crippen LogP contribution is 2.09. The number of hydrogen-bond donors (Lipinski definition) is 2. The lowest BCUT2D eigenvalue weighted by molar-refractivity contribution is 0.273. The van der Waals surface area contributed by atoms with Crippen LogP contribution >= 0.6 is 11.6 Å². The summed E-state index contributed by atoms with van der Waals surface area (Å²) >= 11 is 5.88. The summed E-state index contributed by atoms with van der Waals surface area (Å²) < 4.78 is 0. The van der Waals surface area contributed by atoms with E-state index in [9.17, 15) is 0 Å². The maximum Gasteiger partial charge on any atom is 0.228 e. The average molecular weight is 301 g/mol. The minimum absolute atomic E-state index is 0.209. The number of rotatable bonds is 9. The molecule has 1 rings (SSSR count). The first-order valence-electron chi connectivity index (χ1n) is 7.12. The standard InChI is InChI=1S/C13H25ClN6/c1-5-7-15-12-17-11(14)18-13(19-12)16-8-6-9-20(4)10(2)3/h10H,5-9H2,1-4H3,(H2,15,16,17,18,19). The minimum atomic E-state index is 0.209. The smallest absolute Gasteiger partial charge is 0.228 e. The van der Waals surface area contributed by atoms with Crippen LogP contribution in [0.25, 0.3) is 0 Å². The Hall–Kier alpha value is -1.14. The van der Waals surface area contributed by atoms with Crippen molar-refractivity contribution in [1.82, 2.24) is 19.9 Å². The first kappa shape index (κ1) is 16.9. The SMILES string of the molecule is CCCNc1nc(Cl)nc(NCCCN(C)C(C)C)n1. The van der Waals surface area contributed by atoms with Crippen molar-refractivity contribution in [2.24, 2.45) is 0 Å². The van der Waals surface area contributed by atoms with Crippen molar-refractivity contribution in [3.63, 3.8) is 0 Å². The quantitative estimate of drug-likeness (QED) is 0.683. The maximum absolute atomic E-state index is 5.88. The van der Waals surface area contributed by atoms with E-state index in [4.69, 9.17) is 11.6 Å². The molecule has 1 aromatic heterocycles. The van der Waals surface area contributed by atoms with Crippen LogP contribution in [0.4, 0.5) is 11.9 Å². The Bertz CT molecular complexity index is 398. The second kappa shape index (κ2) is 8.92. The van der Waals surface area contributed by atoms with E-state index in [1.165, 1.54) is 0 Å². The summed E-state index contributed by atoms with van der Waals surface area (Å²) in [5.74, 6) is 1.05. The molecule has 0 aliphatic heterocycles. The molecule has 0 bridgehead atoms. The van der Waals surface area contributed by atoms with E-state index >= 15 is 0 Å². The molecule has 0 aromatic carbocycles. The van der Waals surface area contributed by atoms with Crippen LogP contribution in [0.1, 0.15) is 33.6 Å². The minimum Gasteiger partial charge on any atom is -0.354 e. The number of nitrogens with one attached hydrogen (secondary N) is 2. The molecule has 114 valence electrons. The Balaban J connectivity index is 2.41. The van der Waals surface area contributed by atoms with Gasteiger partial charge in [-0.25, -0.2) is 0 Å². The van der Waals surface area contributed by atoms with Crippen molar-refractivity contribution < 1.29 is 0 Å². The summed E-state index contributed by atoms with van der Waals surface area (Å²) in [6.07, 6.45) is 2.03. The van der Waals surface area contributed by atoms with Gasteiger partial charge in [-0.1, -0.05) is 6.92 Å². The van der Waals surface area contributed by atoms with Gasteiger partial charge in [0.05, 0.1) is 0 Å². The number of aromatic nitrogens is 3. The predicted molar refractivity (Wildman–Crippen MR) is 84.5 cm³/mol. The van der Waals surface area contributed by atoms with Crippen LogP contribution in [0.5, 0.6) is 0 Å². The lowest BCUT2D eigenvalue weighted by Crippen LogP contribution is -2.28. The molecule has 0 unspecified atom stereocenters. The molecule has 2 N–H and O–H groups in total. The number of nitrogens with zero attached hydrogens (tertiary/aromatic N) is 4. The van der Waals surface area contributed by atoms with E-state index in [0.29, 0.717) is 17.9 Å². The third-order valence-corrected chi connectivity index (χ3v) is 3.16. The summed E-state index contributed by atoms with van der Waals surface area (Å²) in [5, 5.41) is 6.50. The van der Waals surface area contributed by atoms with Gasteiger partial charge in [0.1, 0.15) is 0 Å². The van der Waals surface area contributed by atoms with Gasteiger partial charge < -0.3 is 15.5 Å². The van der Waals surface area contributed by atoms with Crippen molar-refractivity contribution in [3.05, 3.63) is 5.28 Å². The van der Waals surface area contributed by atoms with Crippen molar-refractivity contribution in [3.8, 4) is 0 Å². The summed E-state index contributed by atoms with van der Waals surface area (Å²) in [4.78, 5) is 14.7. The Labute approximate surface area is 126 Å². The van der Waals surface area contributed by atoms with Gasteiger partial charge in [0.15, 0.2) is 0 Å². The second-order valence-corrected chi connectivity index (χ2v) is 5.37. The Morgan fingerprint density at radius 3 is 2.25 bits per heavy atom. The molecule has 1 heterocycles. The third-order valence-electron chi connectivity index (χ3n) is 2.99. The molecule has 0 aliphatic rings. The van der Waals surface area contributed by atoms with E-state index in [1.807, 2.05) is 0 Å². The molecule has 0 spiro atoms. The van der Waals surface area contributed by atoms with Gasteiger partial charge in [0, 0.05) is 19.1 Å². The molecule has 0 atom stereocenters. The van der Waals surface area contributed by atoms with Crippen LogP contribution in [-0.4, -0.2) is 52.6 Å². The van der Waals surface area contributed by atoms with Gasteiger partial charge in [0.25, 0.3) is 0 Å². The summed E-state index contributed by atoms with van der Waals surface area (Å²) in [5.41, 5.74) is 0. The fourth-order valence-corrected chi connectivity index (χ4v) is 1.69. The molecule has 0 radical (unpaired) electrons. The van der Waals surface area contributed by atoms with Gasteiger partial charge in [-0.2, -0.15) is 15.0 Å². The van der Waals surface area contributed by atoms with Gasteiger partial charge in [-0.3, -0.25) is 0 Å². The van der Waals surface area contributed by atoms with Crippen molar-refractivity contribution in [1.29, 1.82) is 0 Å². The third kappa shape index (κ3) is 6.34.